The van der Waals surface area contributed by atoms with Gasteiger partial charge in [-0.3, -0.25) is 34.2 Å². The zero-order chi connectivity index (χ0) is 30.4. The van der Waals surface area contributed by atoms with Gasteiger partial charge in [-0.2, -0.15) is 0 Å². The SMILES string of the molecule is O=C1CCC(N2C(=O)c3cccc(NC(=O)CCCCCOCCOCCOCCOC4CCNCC4)c3C2=O)C(=O)N1. The summed E-state index contributed by atoms with van der Waals surface area (Å²) in [4.78, 5) is 63.3. The predicted molar refractivity (Wildman–Crippen MR) is 155 cm³/mol. The summed E-state index contributed by atoms with van der Waals surface area (Å²) >= 11 is 0. The number of benzene rings is 1. The number of nitrogens with one attached hydrogen (secondary N) is 3. The second-order valence-corrected chi connectivity index (χ2v) is 10.7. The molecule has 1 unspecified atom stereocenters. The van der Waals surface area contributed by atoms with Crippen LogP contribution in [0.25, 0.3) is 0 Å². The van der Waals surface area contributed by atoms with E-state index in [0.717, 1.165) is 43.7 Å². The van der Waals surface area contributed by atoms with E-state index in [9.17, 15) is 24.0 Å². The van der Waals surface area contributed by atoms with E-state index >= 15 is 0 Å². The number of carbonyl (C=O) groups excluding carboxylic acids is 5. The number of fused-ring (bicyclic) bond motifs is 1. The van der Waals surface area contributed by atoms with Crippen molar-refractivity contribution in [3.63, 3.8) is 0 Å². The van der Waals surface area contributed by atoms with Crippen LogP contribution in [0, 0.1) is 0 Å². The molecule has 1 aromatic carbocycles. The molecule has 0 saturated carbocycles. The van der Waals surface area contributed by atoms with Crippen LogP contribution in [0.3, 0.4) is 0 Å². The predicted octanol–water partition coefficient (Wildman–Crippen LogP) is 1.41. The van der Waals surface area contributed by atoms with E-state index in [1.807, 2.05) is 0 Å². The van der Waals surface area contributed by atoms with Gasteiger partial charge in [-0.25, -0.2) is 0 Å². The maximum absolute atomic E-state index is 13.1. The molecule has 3 heterocycles. The highest BCUT2D eigenvalue weighted by molar-refractivity contribution is 6.26. The maximum Gasteiger partial charge on any atom is 0.264 e. The molecule has 43 heavy (non-hydrogen) atoms. The molecule has 13 nitrogen and oxygen atoms in total. The van der Waals surface area contributed by atoms with Crippen molar-refractivity contribution in [3.05, 3.63) is 29.3 Å². The van der Waals surface area contributed by atoms with Crippen LogP contribution < -0.4 is 16.0 Å². The summed E-state index contributed by atoms with van der Waals surface area (Å²) in [6.07, 6.45) is 5.01. The second-order valence-electron chi connectivity index (χ2n) is 10.7. The third kappa shape index (κ3) is 9.63. The highest BCUT2D eigenvalue weighted by Gasteiger charge is 2.45. The average Bonchev–Trinajstić information content (AvgIpc) is 3.25. The topological polar surface area (TPSA) is 162 Å². The number of ether oxygens (including phenoxy) is 4. The number of rotatable bonds is 18. The lowest BCUT2D eigenvalue weighted by atomic mass is 10.0. The maximum atomic E-state index is 13.1. The number of imide groups is 2. The Labute approximate surface area is 251 Å². The minimum atomic E-state index is -1.06. The third-order valence-electron chi connectivity index (χ3n) is 7.55. The van der Waals surface area contributed by atoms with Gasteiger partial charge in [0.25, 0.3) is 11.8 Å². The Kier molecular flexibility index (Phi) is 13.0. The molecule has 4 rings (SSSR count). The smallest absolute Gasteiger partial charge is 0.264 e. The van der Waals surface area contributed by atoms with Gasteiger partial charge in [-0.1, -0.05) is 12.5 Å². The summed E-state index contributed by atoms with van der Waals surface area (Å²) in [5, 5.41) is 8.22. The number of piperidine rings is 2. The molecule has 1 atom stereocenters. The van der Waals surface area contributed by atoms with Gasteiger partial charge in [-0.15, -0.1) is 0 Å². The first-order chi connectivity index (χ1) is 21.0. The molecule has 0 bridgehead atoms. The molecular weight excluding hydrogens is 560 g/mol. The Bertz CT molecular complexity index is 1140. The van der Waals surface area contributed by atoms with Crippen LogP contribution in [0.2, 0.25) is 0 Å². The Morgan fingerprint density at radius 3 is 2.26 bits per heavy atom. The van der Waals surface area contributed by atoms with Crippen LogP contribution in [0.1, 0.15) is 72.1 Å². The third-order valence-corrected chi connectivity index (χ3v) is 7.55. The van der Waals surface area contributed by atoms with E-state index in [2.05, 4.69) is 16.0 Å². The number of nitrogens with zero attached hydrogens (tertiary/aromatic N) is 1. The van der Waals surface area contributed by atoms with Crippen LogP contribution in [0.5, 0.6) is 0 Å². The minimum Gasteiger partial charge on any atom is -0.379 e. The van der Waals surface area contributed by atoms with E-state index in [1.165, 1.54) is 6.07 Å². The summed E-state index contributed by atoms with van der Waals surface area (Å²) in [5.41, 5.74) is 0.419. The van der Waals surface area contributed by atoms with Crippen LogP contribution in [0.4, 0.5) is 5.69 Å². The molecule has 3 N–H and O–H groups in total. The molecule has 236 valence electrons. The summed E-state index contributed by atoms with van der Waals surface area (Å²) in [6, 6.07) is 3.57. The van der Waals surface area contributed by atoms with Gasteiger partial charge in [0, 0.05) is 19.4 Å². The largest absolute Gasteiger partial charge is 0.379 e. The number of amides is 5. The van der Waals surface area contributed by atoms with Gasteiger partial charge < -0.3 is 29.6 Å². The summed E-state index contributed by atoms with van der Waals surface area (Å²) in [7, 11) is 0. The molecule has 0 aromatic heterocycles. The fraction of sp³-hybridized carbons (Fsp3) is 0.633. The van der Waals surface area contributed by atoms with Gasteiger partial charge in [0.05, 0.1) is 62.6 Å². The molecule has 2 saturated heterocycles. The molecule has 0 aliphatic carbocycles. The van der Waals surface area contributed by atoms with Crippen molar-refractivity contribution in [2.75, 3.05) is 64.7 Å². The Morgan fingerprint density at radius 1 is 0.837 bits per heavy atom. The number of anilines is 1. The fourth-order valence-corrected chi connectivity index (χ4v) is 5.28. The molecule has 0 spiro atoms. The lowest BCUT2D eigenvalue weighted by molar-refractivity contribution is -0.136. The molecule has 13 heteroatoms. The summed E-state index contributed by atoms with van der Waals surface area (Å²) < 4.78 is 22.4. The molecule has 3 aliphatic heterocycles. The Morgan fingerprint density at radius 2 is 1.53 bits per heavy atom. The van der Waals surface area contributed by atoms with Crippen LogP contribution in [0.15, 0.2) is 18.2 Å². The van der Waals surface area contributed by atoms with Crippen molar-refractivity contribution in [2.24, 2.45) is 0 Å². The first-order valence-electron chi connectivity index (χ1n) is 15.2. The van der Waals surface area contributed by atoms with Crippen molar-refractivity contribution in [1.82, 2.24) is 15.5 Å². The van der Waals surface area contributed by atoms with Gasteiger partial charge >= 0.3 is 0 Å². The first kappa shape index (κ1) is 32.7. The molecule has 0 radical (unpaired) electrons. The Hall–Kier alpha value is -3.23. The molecule has 3 aliphatic rings. The number of hydrogen-bond donors (Lipinski definition) is 3. The average molecular weight is 603 g/mol. The van der Waals surface area contributed by atoms with Crippen molar-refractivity contribution >= 4 is 35.2 Å². The summed E-state index contributed by atoms with van der Waals surface area (Å²) in [6.45, 7) is 5.77. The molecule has 5 amide bonds. The quantitative estimate of drug-likeness (QED) is 0.165. The van der Waals surface area contributed by atoms with E-state index in [0.29, 0.717) is 58.8 Å². The normalized spacial score (nSPS) is 19.1. The highest BCUT2D eigenvalue weighted by atomic mass is 16.6. The number of hydrogen-bond acceptors (Lipinski definition) is 10. The van der Waals surface area contributed by atoms with Crippen LogP contribution >= 0.6 is 0 Å². The van der Waals surface area contributed by atoms with E-state index in [-0.39, 0.29) is 42.0 Å². The molecule has 1 aromatic rings. The van der Waals surface area contributed by atoms with Crippen molar-refractivity contribution < 1.29 is 42.9 Å². The van der Waals surface area contributed by atoms with E-state index in [4.69, 9.17) is 18.9 Å². The zero-order valence-electron chi connectivity index (χ0n) is 24.5. The van der Waals surface area contributed by atoms with Gasteiger partial charge in [0.1, 0.15) is 6.04 Å². The van der Waals surface area contributed by atoms with Crippen molar-refractivity contribution in [3.8, 4) is 0 Å². The van der Waals surface area contributed by atoms with Crippen molar-refractivity contribution in [1.29, 1.82) is 0 Å². The van der Waals surface area contributed by atoms with E-state index < -0.39 is 29.7 Å². The van der Waals surface area contributed by atoms with E-state index in [1.54, 1.807) is 12.1 Å². The second kappa shape index (κ2) is 17.2. The van der Waals surface area contributed by atoms with Crippen LogP contribution in [-0.2, 0) is 33.3 Å². The lowest BCUT2D eigenvalue weighted by Crippen LogP contribution is -2.54. The molecule has 2 fully saturated rings. The highest BCUT2D eigenvalue weighted by Crippen LogP contribution is 2.32. The standard InChI is InChI=1S/C30H42N4O9/c35-25(7-2-1-3-14-40-15-16-41-17-18-42-19-20-43-21-10-12-31-13-11-21)32-23-6-4-5-22-27(23)30(39)34(29(22)38)24-8-9-26(36)33-28(24)37/h4-6,21,24,31H,1-3,7-20H2,(H,32,35)(H,33,36,37). The minimum absolute atomic E-state index is 0.0388. The van der Waals surface area contributed by atoms with Gasteiger partial charge in [-0.05, 0) is 57.3 Å². The number of unbranched alkanes of at least 4 members (excludes halogenated alkanes) is 2. The fourth-order valence-electron chi connectivity index (χ4n) is 5.28. The summed E-state index contributed by atoms with van der Waals surface area (Å²) in [5.74, 6) is -2.66. The van der Waals surface area contributed by atoms with Crippen molar-refractivity contribution in [2.45, 2.75) is 63.5 Å². The number of carbonyl (C=O) groups is 5. The first-order valence-corrected chi connectivity index (χ1v) is 15.2. The molecular formula is C30H42N4O9. The van der Waals surface area contributed by atoms with Gasteiger partial charge in [0.15, 0.2) is 0 Å². The lowest BCUT2D eigenvalue weighted by Gasteiger charge is -2.27. The monoisotopic (exact) mass is 602 g/mol. The van der Waals surface area contributed by atoms with Gasteiger partial charge in [0.2, 0.25) is 17.7 Å². The Balaban J connectivity index is 1.03. The zero-order valence-corrected chi connectivity index (χ0v) is 24.5. The van der Waals surface area contributed by atoms with Crippen LogP contribution in [-0.4, -0.2) is 106 Å².